The van der Waals surface area contributed by atoms with Crippen LogP contribution in [-0.4, -0.2) is 61.0 Å². The fraction of sp³-hybridized carbons (Fsp3) is 0.889. The zero-order valence-corrected chi connectivity index (χ0v) is 11.5. The third-order valence-corrected chi connectivity index (χ3v) is 2.91. The maximum absolute atomic E-state index is 10.9. The van der Waals surface area contributed by atoms with Gasteiger partial charge in [0.05, 0.1) is 0 Å². The van der Waals surface area contributed by atoms with Crippen LogP contribution in [0.2, 0.25) is 0 Å². The summed E-state index contributed by atoms with van der Waals surface area (Å²) in [5.41, 5.74) is 0. The standard InChI is InChI=1S/C9H16N3O.Y/c1-8(13)12-6-9(7-12)11-4-2-10-3-5-11;/h9H,2-7H2,1H3;/q-1;. The van der Waals surface area contributed by atoms with E-state index in [1.54, 1.807) is 6.92 Å². The molecule has 2 fully saturated rings. The molecule has 2 heterocycles. The van der Waals surface area contributed by atoms with E-state index in [9.17, 15) is 4.79 Å². The minimum atomic E-state index is 0. The Kier molecular flexibility index (Phi) is 4.97. The van der Waals surface area contributed by atoms with Gasteiger partial charge in [-0.05, 0) is 13.1 Å². The van der Waals surface area contributed by atoms with Crippen LogP contribution in [-0.2, 0) is 37.5 Å². The molecule has 2 aliphatic heterocycles. The molecule has 0 N–H and O–H groups in total. The van der Waals surface area contributed by atoms with E-state index in [0.717, 1.165) is 39.3 Å². The van der Waals surface area contributed by atoms with Crippen LogP contribution in [0, 0.1) is 0 Å². The molecule has 2 aliphatic rings. The second kappa shape index (κ2) is 5.54. The summed E-state index contributed by atoms with van der Waals surface area (Å²) in [4.78, 5) is 15.3. The molecule has 1 radical (unpaired) electrons. The number of carbonyl (C=O) groups excluding carboxylic acids is 1. The molecule has 2 rings (SSSR count). The van der Waals surface area contributed by atoms with Crippen molar-refractivity contribution in [3.63, 3.8) is 0 Å². The number of piperazine rings is 1. The number of amides is 1. The van der Waals surface area contributed by atoms with E-state index in [4.69, 9.17) is 0 Å². The van der Waals surface area contributed by atoms with Crippen molar-refractivity contribution in [1.29, 1.82) is 0 Å². The van der Waals surface area contributed by atoms with Gasteiger partial charge in [0.15, 0.2) is 0 Å². The molecule has 0 atom stereocenters. The SMILES string of the molecule is CC(=O)N1CC(N2CC[N-]CC2)C1.[Y]. The van der Waals surface area contributed by atoms with Gasteiger partial charge in [0.25, 0.3) is 0 Å². The van der Waals surface area contributed by atoms with Crippen molar-refractivity contribution >= 4 is 5.91 Å². The molecule has 77 valence electrons. The molecule has 2 saturated heterocycles. The number of likely N-dealkylation sites (tertiary alicyclic amines) is 1. The molecule has 5 heteroatoms. The minimum absolute atomic E-state index is 0. The van der Waals surface area contributed by atoms with Crippen LogP contribution >= 0.6 is 0 Å². The van der Waals surface area contributed by atoms with Gasteiger partial charge in [0, 0.05) is 58.8 Å². The molecule has 0 aromatic rings. The van der Waals surface area contributed by atoms with E-state index in [1.807, 2.05) is 4.90 Å². The average molecular weight is 271 g/mol. The molecule has 4 nitrogen and oxygen atoms in total. The summed E-state index contributed by atoms with van der Waals surface area (Å²) >= 11 is 0. The quantitative estimate of drug-likeness (QED) is 0.668. The molecule has 0 bridgehead atoms. The number of rotatable bonds is 1. The monoisotopic (exact) mass is 271 g/mol. The molecule has 14 heavy (non-hydrogen) atoms. The third-order valence-electron chi connectivity index (χ3n) is 2.91. The van der Waals surface area contributed by atoms with Crippen molar-refractivity contribution in [3.05, 3.63) is 5.32 Å². The van der Waals surface area contributed by atoms with Crippen molar-refractivity contribution in [3.8, 4) is 0 Å². The third kappa shape index (κ3) is 2.75. The van der Waals surface area contributed by atoms with Crippen LogP contribution in [0.3, 0.4) is 0 Å². The normalized spacial score (nSPS) is 23.9. The Morgan fingerprint density at radius 2 is 1.86 bits per heavy atom. The van der Waals surface area contributed by atoms with Crippen molar-refractivity contribution in [2.24, 2.45) is 0 Å². The van der Waals surface area contributed by atoms with Gasteiger partial charge >= 0.3 is 0 Å². The zero-order valence-electron chi connectivity index (χ0n) is 8.65. The van der Waals surface area contributed by atoms with Gasteiger partial charge in [-0.15, -0.1) is 13.1 Å². The molecule has 1 amide bonds. The summed E-state index contributed by atoms with van der Waals surface area (Å²) < 4.78 is 0. The Morgan fingerprint density at radius 1 is 1.29 bits per heavy atom. The van der Waals surface area contributed by atoms with E-state index >= 15 is 0 Å². The molecule has 0 unspecified atom stereocenters. The predicted molar refractivity (Wildman–Crippen MR) is 50.7 cm³/mol. The summed E-state index contributed by atoms with van der Waals surface area (Å²) in [5, 5.41) is 4.30. The summed E-state index contributed by atoms with van der Waals surface area (Å²) in [6.07, 6.45) is 0. The van der Waals surface area contributed by atoms with Crippen LogP contribution in [0.1, 0.15) is 6.92 Å². The first-order valence-electron chi connectivity index (χ1n) is 4.90. The predicted octanol–water partition coefficient (Wildman–Crippen LogP) is -0.0961. The van der Waals surface area contributed by atoms with E-state index in [2.05, 4.69) is 10.2 Å². The number of hydrogen-bond acceptors (Lipinski definition) is 2. The van der Waals surface area contributed by atoms with Gasteiger partial charge < -0.3 is 15.1 Å². The number of nitrogens with zero attached hydrogens (tertiary/aromatic N) is 3. The zero-order chi connectivity index (χ0) is 9.26. The van der Waals surface area contributed by atoms with Crippen LogP contribution in [0.4, 0.5) is 0 Å². The van der Waals surface area contributed by atoms with Crippen LogP contribution in [0.15, 0.2) is 0 Å². The van der Waals surface area contributed by atoms with Crippen molar-refractivity contribution in [1.82, 2.24) is 9.80 Å². The van der Waals surface area contributed by atoms with E-state index in [-0.39, 0.29) is 38.6 Å². The summed E-state index contributed by atoms with van der Waals surface area (Å²) in [5.74, 6) is 0.206. The fourth-order valence-electron chi connectivity index (χ4n) is 1.93. The van der Waals surface area contributed by atoms with Crippen molar-refractivity contribution < 1.29 is 37.5 Å². The molecule has 0 aliphatic carbocycles. The minimum Gasteiger partial charge on any atom is -0.660 e. The Morgan fingerprint density at radius 3 is 2.36 bits per heavy atom. The summed E-state index contributed by atoms with van der Waals surface area (Å²) in [6.45, 7) is 7.59. The number of carbonyl (C=O) groups is 1. The van der Waals surface area contributed by atoms with E-state index in [0.29, 0.717) is 6.04 Å². The number of hydrogen-bond donors (Lipinski definition) is 0. The fourth-order valence-corrected chi connectivity index (χ4v) is 1.93. The molecule has 0 spiro atoms. The van der Waals surface area contributed by atoms with Crippen molar-refractivity contribution in [2.45, 2.75) is 13.0 Å². The Labute approximate surface area is 110 Å². The Balaban J connectivity index is 0.000000980. The van der Waals surface area contributed by atoms with Gasteiger partial charge in [0.1, 0.15) is 0 Å². The molecule has 0 aromatic carbocycles. The van der Waals surface area contributed by atoms with Crippen LogP contribution in [0.5, 0.6) is 0 Å². The Bertz CT molecular complexity index is 200. The summed E-state index contributed by atoms with van der Waals surface area (Å²) in [7, 11) is 0. The van der Waals surface area contributed by atoms with Crippen LogP contribution in [0.25, 0.3) is 5.32 Å². The average Bonchev–Trinajstić information content (AvgIpc) is 2.02. The van der Waals surface area contributed by atoms with Gasteiger partial charge in [-0.2, -0.15) is 0 Å². The molecular formula is C9H16N3OY-. The second-order valence-corrected chi connectivity index (χ2v) is 3.78. The topological polar surface area (TPSA) is 37.7 Å². The Hall–Kier alpha value is 0.494. The molecular weight excluding hydrogens is 255 g/mol. The first-order chi connectivity index (χ1) is 6.27. The van der Waals surface area contributed by atoms with Crippen LogP contribution < -0.4 is 0 Å². The van der Waals surface area contributed by atoms with Gasteiger partial charge in [-0.1, -0.05) is 0 Å². The molecule has 0 aromatic heterocycles. The van der Waals surface area contributed by atoms with Crippen molar-refractivity contribution in [2.75, 3.05) is 39.3 Å². The summed E-state index contributed by atoms with van der Waals surface area (Å²) in [6, 6.07) is 0.611. The van der Waals surface area contributed by atoms with Gasteiger partial charge in [-0.25, -0.2) is 0 Å². The van der Waals surface area contributed by atoms with Gasteiger partial charge in [0.2, 0.25) is 5.91 Å². The maximum atomic E-state index is 10.9. The first-order valence-corrected chi connectivity index (χ1v) is 4.90. The van der Waals surface area contributed by atoms with Gasteiger partial charge in [-0.3, -0.25) is 4.79 Å². The first kappa shape index (κ1) is 12.6. The maximum Gasteiger partial charge on any atom is 0.219 e. The van der Waals surface area contributed by atoms with E-state index < -0.39 is 0 Å². The largest absolute Gasteiger partial charge is 0.660 e. The van der Waals surface area contributed by atoms with E-state index in [1.165, 1.54) is 0 Å². The smallest absolute Gasteiger partial charge is 0.219 e. The second-order valence-electron chi connectivity index (χ2n) is 3.78. The molecule has 0 saturated carbocycles.